The quantitative estimate of drug-likeness (QED) is 0.506. The minimum atomic E-state index is 0. The number of hydrogen-bond acceptors (Lipinski definition) is 1. The van der Waals surface area contributed by atoms with Crippen LogP contribution in [0, 0.1) is 0 Å². The van der Waals surface area contributed by atoms with Crippen LogP contribution >= 0.6 is 0 Å². The van der Waals surface area contributed by atoms with Crippen LogP contribution in [0.3, 0.4) is 0 Å². The predicted molar refractivity (Wildman–Crippen MR) is 22.2 cm³/mol. The molecule has 0 spiro atoms. The van der Waals surface area contributed by atoms with Crippen molar-refractivity contribution in [1.29, 1.82) is 0 Å². The molecule has 0 aromatic rings. The van der Waals surface area contributed by atoms with E-state index in [0.717, 1.165) is 13.0 Å². The number of hydrogen-bond donors (Lipinski definition) is 0. The van der Waals surface area contributed by atoms with E-state index in [-0.39, 0.29) is 17.1 Å². The van der Waals surface area contributed by atoms with Crippen LogP contribution in [0.2, 0.25) is 0 Å². The molecule has 0 unspecified atom stereocenters. The molecule has 0 fully saturated rings. The normalized spacial score (nSPS) is 7.00. The molecule has 0 N–H and O–H groups in total. The molecule has 6 heavy (non-hydrogen) atoms. The van der Waals surface area contributed by atoms with Crippen molar-refractivity contribution in [1.82, 2.24) is 0 Å². The van der Waals surface area contributed by atoms with Crippen molar-refractivity contribution in [2.75, 3.05) is 13.7 Å². The van der Waals surface area contributed by atoms with Gasteiger partial charge in [-0.3, -0.25) is 0 Å². The summed E-state index contributed by atoms with van der Waals surface area (Å²) in [5.41, 5.74) is 0. The van der Waals surface area contributed by atoms with Gasteiger partial charge >= 0.3 is 0 Å². The summed E-state index contributed by atoms with van der Waals surface area (Å²) in [6.45, 7) is 2.98. The van der Waals surface area contributed by atoms with Gasteiger partial charge in [-0.1, -0.05) is 6.92 Å². The number of ether oxygens (including phenoxy) is 1. The third-order valence-corrected chi connectivity index (χ3v) is 0.408. The molecule has 0 aromatic heterocycles. The standard InChI is InChI=1S/C4H10O.Mn/c1-3-4-5-2;/h3-4H2,1-2H3;. The zero-order valence-electron chi connectivity index (χ0n) is 4.20. The van der Waals surface area contributed by atoms with Crippen LogP contribution in [-0.2, 0) is 21.8 Å². The second-order valence-electron chi connectivity index (χ2n) is 0.993. The Bertz CT molecular complexity index is 15.0. The van der Waals surface area contributed by atoms with Gasteiger partial charge in [0.05, 0.1) is 0 Å². The minimum absolute atomic E-state index is 0. The van der Waals surface area contributed by atoms with Gasteiger partial charge in [-0.25, -0.2) is 0 Å². The Morgan fingerprint density at radius 1 is 1.50 bits per heavy atom. The fourth-order valence-corrected chi connectivity index (χ4v) is 0.204. The Hall–Kier alpha value is 0.479. The van der Waals surface area contributed by atoms with E-state index in [1.54, 1.807) is 7.11 Å². The summed E-state index contributed by atoms with van der Waals surface area (Å²) in [6, 6.07) is 0. The van der Waals surface area contributed by atoms with Gasteiger partial charge < -0.3 is 4.74 Å². The SMILES string of the molecule is CCCOC.[Mn]. The first-order chi connectivity index (χ1) is 2.41. The predicted octanol–water partition coefficient (Wildman–Crippen LogP) is 1.04. The van der Waals surface area contributed by atoms with E-state index >= 15 is 0 Å². The first-order valence-electron chi connectivity index (χ1n) is 1.90. The van der Waals surface area contributed by atoms with Crippen molar-refractivity contribution >= 4 is 0 Å². The molecule has 0 bridgehead atoms. The Morgan fingerprint density at radius 2 is 2.00 bits per heavy atom. The van der Waals surface area contributed by atoms with E-state index in [0.29, 0.717) is 0 Å². The van der Waals surface area contributed by atoms with Crippen LogP contribution in [0.25, 0.3) is 0 Å². The van der Waals surface area contributed by atoms with Crippen molar-refractivity contribution in [3.63, 3.8) is 0 Å². The fraction of sp³-hybridized carbons (Fsp3) is 1.00. The van der Waals surface area contributed by atoms with E-state index in [1.165, 1.54) is 0 Å². The van der Waals surface area contributed by atoms with Gasteiger partial charge in [0.25, 0.3) is 0 Å². The summed E-state index contributed by atoms with van der Waals surface area (Å²) < 4.78 is 4.69. The minimum Gasteiger partial charge on any atom is -0.385 e. The van der Waals surface area contributed by atoms with Gasteiger partial charge in [0.2, 0.25) is 0 Å². The molecule has 0 aliphatic rings. The summed E-state index contributed by atoms with van der Waals surface area (Å²) in [5, 5.41) is 0. The maximum atomic E-state index is 4.69. The molecular weight excluding hydrogens is 119 g/mol. The van der Waals surface area contributed by atoms with Crippen molar-refractivity contribution in [3.8, 4) is 0 Å². The van der Waals surface area contributed by atoms with Crippen molar-refractivity contribution in [2.24, 2.45) is 0 Å². The van der Waals surface area contributed by atoms with Gasteiger partial charge in [-0.15, -0.1) is 0 Å². The molecule has 0 aromatic carbocycles. The van der Waals surface area contributed by atoms with E-state index in [4.69, 9.17) is 4.74 Å². The van der Waals surface area contributed by atoms with E-state index in [9.17, 15) is 0 Å². The largest absolute Gasteiger partial charge is 0.385 e. The molecule has 0 amide bonds. The molecule has 39 valence electrons. The fourth-order valence-electron chi connectivity index (χ4n) is 0.204. The van der Waals surface area contributed by atoms with Crippen LogP contribution in [0.15, 0.2) is 0 Å². The summed E-state index contributed by atoms with van der Waals surface area (Å²) in [5.74, 6) is 0. The monoisotopic (exact) mass is 129 g/mol. The summed E-state index contributed by atoms with van der Waals surface area (Å²) >= 11 is 0. The van der Waals surface area contributed by atoms with Crippen molar-refractivity contribution < 1.29 is 21.8 Å². The summed E-state index contributed by atoms with van der Waals surface area (Å²) in [7, 11) is 1.71. The molecule has 0 rings (SSSR count). The van der Waals surface area contributed by atoms with Crippen LogP contribution in [0.5, 0.6) is 0 Å². The molecule has 0 atom stereocenters. The van der Waals surface area contributed by atoms with E-state index < -0.39 is 0 Å². The number of rotatable bonds is 2. The maximum Gasteiger partial charge on any atom is 0.0459 e. The molecule has 0 aliphatic carbocycles. The Morgan fingerprint density at radius 3 is 2.00 bits per heavy atom. The van der Waals surface area contributed by atoms with Crippen molar-refractivity contribution in [2.45, 2.75) is 13.3 Å². The summed E-state index contributed by atoms with van der Waals surface area (Å²) in [6.07, 6.45) is 1.12. The smallest absolute Gasteiger partial charge is 0.0459 e. The second-order valence-corrected chi connectivity index (χ2v) is 0.993. The topological polar surface area (TPSA) is 9.23 Å². The Balaban J connectivity index is 0. The van der Waals surface area contributed by atoms with Crippen LogP contribution in [-0.4, -0.2) is 13.7 Å². The zero-order valence-corrected chi connectivity index (χ0v) is 5.38. The molecule has 0 saturated heterocycles. The van der Waals surface area contributed by atoms with E-state index in [1.807, 2.05) is 0 Å². The van der Waals surface area contributed by atoms with Crippen LogP contribution < -0.4 is 0 Å². The molecule has 0 saturated carbocycles. The first kappa shape index (κ1) is 9.70. The average molecular weight is 129 g/mol. The summed E-state index contributed by atoms with van der Waals surface area (Å²) in [4.78, 5) is 0. The molecule has 0 aliphatic heterocycles. The van der Waals surface area contributed by atoms with Crippen molar-refractivity contribution in [3.05, 3.63) is 0 Å². The molecular formula is C4H10MnO. The molecule has 0 heterocycles. The second kappa shape index (κ2) is 9.08. The Labute approximate surface area is 49.5 Å². The van der Waals surface area contributed by atoms with Gasteiger partial charge in [0.1, 0.15) is 0 Å². The first-order valence-corrected chi connectivity index (χ1v) is 1.90. The third kappa shape index (κ3) is 8.82. The van der Waals surface area contributed by atoms with Crippen LogP contribution in [0.1, 0.15) is 13.3 Å². The van der Waals surface area contributed by atoms with Gasteiger partial charge in [0.15, 0.2) is 0 Å². The molecule has 2 heteroatoms. The molecule has 1 radical (unpaired) electrons. The number of methoxy groups -OCH3 is 1. The zero-order chi connectivity index (χ0) is 4.12. The van der Waals surface area contributed by atoms with Gasteiger partial charge in [0, 0.05) is 30.8 Å². The van der Waals surface area contributed by atoms with Gasteiger partial charge in [-0.05, 0) is 6.42 Å². The molecule has 1 nitrogen and oxygen atoms in total. The third-order valence-electron chi connectivity index (χ3n) is 0.408. The average Bonchev–Trinajstić information content (AvgIpc) is 1.41. The Kier molecular flexibility index (Phi) is 14.7. The van der Waals surface area contributed by atoms with E-state index in [2.05, 4.69) is 6.92 Å². The maximum absolute atomic E-state index is 4.69. The van der Waals surface area contributed by atoms with Gasteiger partial charge in [-0.2, -0.15) is 0 Å². The van der Waals surface area contributed by atoms with Crippen LogP contribution in [0.4, 0.5) is 0 Å².